The normalized spacial score (nSPS) is 12.4. The molecule has 0 spiro atoms. The molecule has 0 aliphatic carbocycles. The topological polar surface area (TPSA) is 50.8 Å². The fourth-order valence-electron chi connectivity index (χ4n) is 3.74. The van der Waals surface area contributed by atoms with Crippen molar-refractivity contribution in [3.05, 3.63) is 77.9 Å². The van der Waals surface area contributed by atoms with Crippen LogP contribution in [0, 0.1) is 0 Å². The Hall–Kier alpha value is -3.47. The van der Waals surface area contributed by atoms with Crippen molar-refractivity contribution in [2.45, 2.75) is 12.8 Å². The summed E-state index contributed by atoms with van der Waals surface area (Å²) < 4.78 is 10.7. The zero-order chi connectivity index (χ0) is 20.2. The Morgan fingerprint density at radius 3 is 2.10 bits per heavy atom. The van der Waals surface area contributed by atoms with Gasteiger partial charge in [0.25, 0.3) is 5.91 Å². The van der Waals surface area contributed by atoms with E-state index >= 15 is 0 Å². The molecule has 5 heteroatoms. The summed E-state index contributed by atoms with van der Waals surface area (Å²) in [6.45, 7) is 0.144. The van der Waals surface area contributed by atoms with Gasteiger partial charge in [0.1, 0.15) is 11.5 Å². The molecular formula is C24H24N2O3. The van der Waals surface area contributed by atoms with E-state index in [-0.39, 0.29) is 12.5 Å². The predicted molar refractivity (Wildman–Crippen MR) is 115 cm³/mol. The monoisotopic (exact) mass is 388 g/mol. The van der Waals surface area contributed by atoms with Gasteiger partial charge >= 0.3 is 0 Å². The van der Waals surface area contributed by atoms with Gasteiger partial charge in [-0.1, -0.05) is 36.4 Å². The minimum absolute atomic E-state index is 0.0235. The van der Waals surface area contributed by atoms with Crippen molar-refractivity contribution in [1.82, 2.24) is 0 Å². The Kier molecular flexibility index (Phi) is 5.38. The third kappa shape index (κ3) is 3.76. The molecule has 29 heavy (non-hydrogen) atoms. The molecule has 1 amide bonds. The van der Waals surface area contributed by atoms with Crippen LogP contribution in [0.15, 0.2) is 66.7 Å². The van der Waals surface area contributed by atoms with Gasteiger partial charge in [0, 0.05) is 6.07 Å². The molecule has 0 bridgehead atoms. The van der Waals surface area contributed by atoms with E-state index in [0.717, 1.165) is 29.9 Å². The minimum Gasteiger partial charge on any atom is -0.497 e. The number of rotatable bonds is 5. The highest BCUT2D eigenvalue weighted by molar-refractivity contribution is 6.04. The van der Waals surface area contributed by atoms with Gasteiger partial charge in [0.15, 0.2) is 0 Å². The van der Waals surface area contributed by atoms with E-state index in [0.29, 0.717) is 11.5 Å². The Labute approximate surface area is 170 Å². The number of hydrogen-bond acceptors (Lipinski definition) is 4. The van der Waals surface area contributed by atoms with Gasteiger partial charge in [0.2, 0.25) is 0 Å². The second-order valence-corrected chi connectivity index (χ2v) is 6.91. The third-order valence-corrected chi connectivity index (χ3v) is 5.22. The number of ether oxygens (including phenoxy) is 2. The standard InChI is InChI=1S/C24H24N2O3/c1-28-19-13-14-20(23(15-19)29-2)25-16-24(27)26-21-9-5-3-7-17(21)11-12-18-8-4-6-10-22(18)26/h3-10,13-15,25H,11-12,16H2,1-2H3. The Morgan fingerprint density at radius 2 is 1.52 bits per heavy atom. The summed E-state index contributed by atoms with van der Waals surface area (Å²) in [7, 11) is 3.21. The first-order valence-electron chi connectivity index (χ1n) is 9.66. The number of fused-ring (bicyclic) bond motifs is 2. The third-order valence-electron chi connectivity index (χ3n) is 5.22. The molecule has 0 saturated heterocycles. The number of carbonyl (C=O) groups is 1. The molecule has 0 saturated carbocycles. The average Bonchev–Trinajstić information content (AvgIpc) is 2.94. The lowest BCUT2D eigenvalue weighted by Gasteiger charge is -2.25. The summed E-state index contributed by atoms with van der Waals surface area (Å²) in [5, 5.41) is 3.22. The maximum absolute atomic E-state index is 13.4. The number of hydrogen-bond donors (Lipinski definition) is 1. The lowest BCUT2D eigenvalue weighted by atomic mass is 10.0. The summed E-state index contributed by atoms with van der Waals surface area (Å²) in [6, 6.07) is 21.7. The summed E-state index contributed by atoms with van der Waals surface area (Å²) in [6.07, 6.45) is 1.83. The molecule has 1 aliphatic heterocycles. The second kappa shape index (κ2) is 8.27. The van der Waals surface area contributed by atoms with E-state index in [4.69, 9.17) is 9.47 Å². The smallest absolute Gasteiger partial charge is 0.250 e. The van der Waals surface area contributed by atoms with Crippen molar-refractivity contribution in [3.8, 4) is 11.5 Å². The van der Waals surface area contributed by atoms with Crippen LogP contribution in [-0.4, -0.2) is 26.7 Å². The van der Waals surface area contributed by atoms with Crippen LogP contribution in [0.4, 0.5) is 17.1 Å². The summed E-state index contributed by atoms with van der Waals surface area (Å²) in [4.78, 5) is 15.2. The highest BCUT2D eigenvalue weighted by atomic mass is 16.5. The van der Waals surface area contributed by atoms with Crippen LogP contribution in [0.25, 0.3) is 0 Å². The summed E-state index contributed by atoms with van der Waals surface area (Å²) in [5.41, 5.74) is 5.01. The maximum atomic E-state index is 13.4. The van der Waals surface area contributed by atoms with E-state index in [1.54, 1.807) is 20.3 Å². The molecule has 1 aliphatic rings. The summed E-state index contributed by atoms with van der Waals surface area (Å²) >= 11 is 0. The van der Waals surface area contributed by atoms with E-state index in [1.165, 1.54) is 11.1 Å². The maximum Gasteiger partial charge on any atom is 0.250 e. The number of anilines is 3. The quantitative estimate of drug-likeness (QED) is 0.695. The lowest BCUT2D eigenvalue weighted by molar-refractivity contribution is -0.116. The Balaban J connectivity index is 1.64. The average molecular weight is 388 g/mol. The van der Waals surface area contributed by atoms with Crippen molar-refractivity contribution in [2.75, 3.05) is 31.0 Å². The highest BCUT2D eigenvalue weighted by Gasteiger charge is 2.25. The molecule has 0 unspecified atom stereocenters. The van der Waals surface area contributed by atoms with Crippen LogP contribution in [0.2, 0.25) is 0 Å². The van der Waals surface area contributed by atoms with E-state index in [2.05, 4.69) is 17.4 Å². The van der Waals surface area contributed by atoms with Crippen LogP contribution < -0.4 is 19.7 Å². The molecule has 0 aromatic heterocycles. The number of nitrogens with zero attached hydrogens (tertiary/aromatic N) is 1. The highest BCUT2D eigenvalue weighted by Crippen LogP contribution is 2.36. The fourth-order valence-corrected chi connectivity index (χ4v) is 3.74. The number of amides is 1. The van der Waals surface area contributed by atoms with Gasteiger partial charge < -0.3 is 14.8 Å². The van der Waals surface area contributed by atoms with Crippen LogP contribution in [0.3, 0.4) is 0 Å². The Morgan fingerprint density at radius 1 is 0.897 bits per heavy atom. The molecule has 148 valence electrons. The number of benzene rings is 3. The van der Waals surface area contributed by atoms with Crippen LogP contribution >= 0.6 is 0 Å². The van der Waals surface area contributed by atoms with E-state index in [1.807, 2.05) is 53.4 Å². The van der Waals surface area contributed by atoms with Gasteiger partial charge in [0.05, 0.1) is 37.8 Å². The minimum atomic E-state index is -0.0235. The SMILES string of the molecule is COc1ccc(NCC(=O)N2c3ccccc3CCc3ccccc32)c(OC)c1. The first-order valence-corrected chi connectivity index (χ1v) is 9.66. The van der Waals surface area contributed by atoms with Gasteiger partial charge in [-0.05, 0) is 48.2 Å². The van der Waals surface area contributed by atoms with Gasteiger partial charge in [-0.3, -0.25) is 9.69 Å². The van der Waals surface area contributed by atoms with E-state index in [9.17, 15) is 4.79 Å². The van der Waals surface area contributed by atoms with Crippen LogP contribution in [-0.2, 0) is 17.6 Å². The van der Waals surface area contributed by atoms with Crippen LogP contribution in [0.1, 0.15) is 11.1 Å². The number of nitrogens with one attached hydrogen (secondary N) is 1. The van der Waals surface area contributed by atoms with Crippen molar-refractivity contribution in [3.63, 3.8) is 0 Å². The lowest BCUT2D eigenvalue weighted by Crippen LogP contribution is -2.32. The molecule has 0 fully saturated rings. The molecule has 3 aromatic rings. The molecule has 0 atom stereocenters. The van der Waals surface area contributed by atoms with Gasteiger partial charge in [-0.2, -0.15) is 0 Å². The number of aryl methyl sites for hydroxylation is 2. The second-order valence-electron chi connectivity index (χ2n) is 6.91. The first-order chi connectivity index (χ1) is 14.2. The fraction of sp³-hybridized carbons (Fsp3) is 0.208. The molecule has 0 radical (unpaired) electrons. The van der Waals surface area contributed by atoms with Crippen molar-refractivity contribution >= 4 is 23.0 Å². The van der Waals surface area contributed by atoms with Crippen molar-refractivity contribution in [1.29, 1.82) is 0 Å². The van der Waals surface area contributed by atoms with Gasteiger partial charge in [-0.25, -0.2) is 0 Å². The molecular weight excluding hydrogens is 364 g/mol. The van der Waals surface area contributed by atoms with Crippen molar-refractivity contribution < 1.29 is 14.3 Å². The van der Waals surface area contributed by atoms with E-state index < -0.39 is 0 Å². The van der Waals surface area contributed by atoms with Crippen LogP contribution in [0.5, 0.6) is 11.5 Å². The molecule has 3 aromatic carbocycles. The van der Waals surface area contributed by atoms with Gasteiger partial charge in [-0.15, -0.1) is 0 Å². The molecule has 5 nitrogen and oxygen atoms in total. The number of methoxy groups -OCH3 is 2. The molecule has 1 N–H and O–H groups in total. The number of carbonyl (C=O) groups excluding carboxylic acids is 1. The number of para-hydroxylation sites is 2. The summed E-state index contributed by atoms with van der Waals surface area (Å²) in [5.74, 6) is 1.31. The largest absolute Gasteiger partial charge is 0.497 e. The molecule has 4 rings (SSSR count). The zero-order valence-corrected chi connectivity index (χ0v) is 16.6. The zero-order valence-electron chi connectivity index (χ0n) is 16.6. The predicted octanol–water partition coefficient (Wildman–Crippen LogP) is 4.58. The first kappa shape index (κ1) is 18.9. The Bertz CT molecular complexity index is 985. The molecule has 1 heterocycles. The van der Waals surface area contributed by atoms with Crippen molar-refractivity contribution in [2.24, 2.45) is 0 Å².